The van der Waals surface area contributed by atoms with Gasteiger partial charge in [0.1, 0.15) is 29.4 Å². The Kier molecular flexibility index (Phi) is 8.80. The number of carbonyl (C=O) groups excluding carboxylic acids is 3. The zero-order chi connectivity index (χ0) is 28.0. The van der Waals surface area contributed by atoms with Crippen LogP contribution in [-0.4, -0.2) is 77.1 Å². The molecule has 2 heterocycles. The number of carbonyl (C=O) groups is 3. The number of urea groups is 1. The van der Waals surface area contributed by atoms with E-state index in [1.54, 1.807) is 4.90 Å². The summed E-state index contributed by atoms with van der Waals surface area (Å²) in [6, 6.07) is 12.2. The number of benzene rings is 2. The van der Waals surface area contributed by atoms with E-state index in [2.05, 4.69) is 15.3 Å². The SMILES string of the molecule is N=[N+]=NCCC[C@H]1C(=O)N(Cc2cccc3ccccc23)C[C@@H]2N(C(=O)NCCCC(F)(F)F)CCC(=O)N21. The van der Waals surface area contributed by atoms with Gasteiger partial charge in [-0.15, -0.1) is 0 Å². The van der Waals surface area contributed by atoms with Crippen LogP contribution in [-0.2, 0) is 16.1 Å². The van der Waals surface area contributed by atoms with E-state index in [4.69, 9.17) is 5.53 Å². The molecule has 0 bridgehead atoms. The molecular weight excluding hydrogens is 515 g/mol. The minimum Gasteiger partial charge on any atom is -0.338 e. The third-order valence-corrected chi connectivity index (χ3v) is 7.07. The summed E-state index contributed by atoms with van der Waals surface area (Å²) < 4.78 is 37.6. The Hall–Kier alpha value is -3.99. The highest BCUT2D eigenvalue weighted by Gasteiger charge is 2.48. The van der Waals surface area contributed by atoms with Gasteiger partial charge in [-0.1, -0.05) is 42.5 Å². The van der Waals surface area contributed by atoms with Crippen molar-refractivity contribution in [1.82, 2.24) is 24.9 Å². The number of hydrogen-bond acceptors (Lipinski definition) is 5. The van der Waals surface area contributed by atoms with E-state index in [0.717, 1.165) is 16.3 Å². The second-order valence-corrected chi connectivity index (χ2v) is 9.66. The molecule has 2 fully saturated rings. The summed E-state index contributed by atoms with van der Waals surface area (Å²) in [5, 5.41) is 8.19. The molecule has 0 unspecified atom stereocenters. The first-order valence-corrected chi connectivity index (χ1v) is 12.9. The van der Waals surface area contributed by atoms with Crippen LogP contribution in [0.25, 0.3) is 10.8 Å². The zero-order valence-electron chi connectivity index (χ0n) is 21.4. The molecule has 0 radical (unpaired) electrons. The molecule has 2 aliphatic heterocycles. The number of amides is 4. The van der Waals surface area contributed by atoms with E-state index in [9.17, 15) is 27.6 Å². The second kappa shape index (κ2) is 12.2. The highest BCUT2D eigenvalue weighted by atomic mass is 19.4. The van der Waals surface area contributed by atoms with Crippen molar-refractivity contribution in [1.29, 1.82) is 5.53 Å². The van der Waals surface area contributed by atoms with Crippen LogP contribution in [0.1, 0.15) is 37.7 Å². The summed E-state index contributed by atoms with van der Waals surface area (Å²) >= 11 is 0. The Bertz CT molecular complexity index is 1260. The minimum absolute atomic E-state index is 0.00595. The number of alkyl halides is 3. The van der Waals surface area contributed by atoms with Gasteiger partial charge in [-0.05, 0) is 35.6 Å². The van der Waals surface area contributed by atoms with E-state index in [1.165, 1.54) is 9.80 Å². The van der Waals surface area contributed by atoms with E-state index < -0.39 is 30.8 Å². The maximum atomic E-state index is 13.7. The van der Waals surface area contributed by atoms with Crippen molar-refractivity contribution in [3.05, 3.63) is 48.0 Å². The maximum absolute atomic E-state index is 13.7. The van der Waals surface area contributed by atoms with Crippen molar-refractivity contribution < 1.29 is 27.6 Å². The van der Waals surface area contributed by atoms with Crippen molar-refractivity contribution in [2.24, 2.45) is 5.11 Å². The number of piperazine rings is 1. The van der Waals surface area contributed by atoms with Gasteiger partial charge in [-0.25, -0.2) is 4.79 Å². The van der Waals surface area contributed by atoms with Crippen LogP contribution in [0.3, 0.4) is 0 Å². The van der Waals surface area contributed by atoms with Gasteiger partial charge >= 0.3 is 12.2 Å². The molecule has 13 heteroatoms. The zero-order valence-corrected chi connectivity index (χ0v) is 21.4. The van der Waals surface area contributed by atoms with Crippen LogP contribution in [0.4, 0.5) is 18.0 Å². The Morgan fingerprint density at radius 2 is 1.90 bits per heavy atom. The lowest BCUT2D eigenvalue weighted by atomic mass is 9.98. The summed E-state index contributed by atoms with van der Waals surface area (Å²) in [4.78, 5) is 47.3. The fraction of sp³-hybridized carbons (Fsp3) is 0.500. The standard InChI is InChI=1S/C26H30F3N7O3/c27-26(28,29)12-5-13-31-25(39)35-15-11-23(37)36-21(10-4-14-32-33-30)24(38)34(17-22(35)36)16-19-8-3-7-18-6-1-2-9-20(18)19/h1-3,6-9,21-22,30H,4-5,10-17H2/p+1/t21-,22+/m0/s1. The Labute approximate surface area is 223 Å². The van der Waals surface area contributed by atoms with Crippen molar-refractivity contribution in [3.8, 4) is 0 Å². The van der Waals surface area contributed by atoms with Gasteiger partial charge in [0.25, 0.3) is 0 Å². The summed E-state index contributed by atoms with van der Waals surface area (Å²) in [6.07, 6.45) is -5.65. The molecule has 4 rings (SSSR count). The van der Waals surface area contributed by atoms with E-state index in [1.807, 2.05) is 42.5 Å². The van der Waals surface area contributed by atoms with Gasteiger partial charge in [0.05, 0.1) is 6.54 Å². The van der Waals surface area contributed by atoms with Crippen molar-refractivity contribution in [2.75, 3.05) is 26.2 Å². The molecule has 2 atom stereocenters. The van der Waals surface area contributed by atoms with Crippen LogP contribution in [0.2, 0.25) is 0 Å². The fourth-order valence-corrected chi connectivity index (χ4v) is 5.26. The Balaban J connectivity index is 1.58. The normalized spacial score (nSPS) is 19.6. The van der Waals surface area contributed by atoms with Crippen LogP contribution >= 0.6 is 0 Å². The van der Waals surface area contributed by atoms with E-state index in [-0.39, 0.29) is 63.8 Å². The molecule has 0 aliphatic carbocycles. The van der Waals surface area contributed by atoms with Gasteiger partial charge in [-0.2, -0.15) is 13.2 Å². The lowest BCUT2D eigenvalue weighted by Gasteiger charge is -2.52. The Morgan fingerprint density at radius 3 is 2.67 bits per heavy atom. The Morgan fingerprint density at radius 1 is 1.13 bits per heavy atom. The maximum Gasteiger partial charge on any atom is 0.389 e. The van der Waals surface area contributed by atoms with Gasteiger partial charge < -0.3 is 20.0 Å². The highest BCUT2D eigenvalue weighted by molar-refractivity contribution is 5.91. The number of fused-ring (bicyclic) bond motifs is 2. The number of halogens is 3. The summed E-state index contributed by atoms with van der Waals surface area (Å²) in [5.41, 5.74) is 7.77. The smallest absolute Gasteiger partial charge is 0.338 e. The van der Waals surface area contributed by atoms with Gasteiger partial charge in [0.2, 0.25) is 16.7 Å². The molecule has 4 amide bonds. The van der Waals surface area contributed by atoms with Gasteiger partial charge in [0.15, 0.2) is 0 Å². The summed E-state index contributed by atoms with van der Waals surface area (Å²) in [5.74, 6) is -0.505. The van der Waals surface area contributed by atoms with Crippen molar-refractivity contribution in [3.63, 3.8) is 0 Å². The van der Waals surface area contributed by atoms with Crippen molar-refractivity contribution >= 4 is 28.6 Å². The number of nitrogens with one attached hydrogen (secondary N) is 2. The highest BCUT2D eigenvalue weighted by Crippen LogP contribution is 2.30. The predicted octanol–water partition coefficient (Wildman–Crippen LogP) is 3.79. The summed E-state index contributed by atoms with van der Waals surface area (Å²) in [7, 11) is 0. The first-order valence-electron chi connectivity index (χ1n) is 12.9. The monoisotopic (exact) mass is 546 g/mol. The van der Waals surface area contributed by atoms with E-state index in [0.29, 0.717) is 6.42 Å². The predicted molar refractivity (Wildman–Crippen MR) is 135 cm³/mol. The molecule has 0 aromatic heterocycles. The molecule has 2 saturated heterocycles. The topological polar surface area (TPSA) is 123 Å². The molecule has 208 valence electrons. The van der Waals surface area contributed by atoms with Crippen LogP contribution < -0.4 is 10.2 Å². The van der Waals surface area contributed by atoms with Gasteiger partial charge in [0, 0.05) is 32.5 Å². The summed E-state index contributed by atoms with van der Waals surface area (Å²) in [6.45, 7) is 0.499. The molecule has 39 heavy (non-hydrogen) atoms. The average molecular weight is 547 g/mol. The molecule has 2 aliphatic rings. The molecule has 0 saturated carbocycles. The van der Waals surface area contributed by atoms with Crippen LogP contribution in [0.5, 0.6) is 0 Å². The van der Waals surface area contributed by atoms with E-state index >= 15 is 0 Å². The molecule has 2 aromatic carbocycles. The molecule has 2 aromatic rings. The molecule has 10 nitrogen and oxygen atoms in total. The van der Waals surface area contributed by atoms with Crippen LogP contribution in [0, 0.1) is 5.53 Å². The molecular formula is C26H31F3N7O3+. The number of rotatable bonds is 9. The lowest BCUT2D eigenvalue weighted by molar-refractivity contribution is -0.167. The quantitative estimate of drug-likeness (QED) is 0.283. The third kappa shape index (κ3) is 6.72. The average Bonchev–Trinajstić information content (AvgIpc) is 2.90. The van der Waals surface area contributed by atoms with Crippen molar-refractivity contribution in [2.45, 2.75) is 57.0 Å². The number of nitrogens with zero attached hydrogens (tertiary/aromatic N) is 5. The number of hydrogen-bond donors (Lipinski definition) is 2. The third-order valence-electron chi connectivity index (χ3n) is 7.07. The second-order valence-electron chi connectivity index (χ2n) is 9.66. The fourth-order valence-electron chi connectivity index (χ4n) is 5.26. The molecule has 0 spiro atoms. The largest absolute Gasteiger partial charge is 0.389 e. The first kappa shape index (κ1) is 28.0. The van der Waals surface area contributed by atoms with Crippen LogP contribution in [0.15, 0.2) is 47.6 Å². The minimum atomic E-state index is -4.31. The first-order chi connectivity index (χ1) is 18.7. The lowest BCUT2D eigenvalue weighted by Crippen LogP contribution is -2.71. The van der Waals surface area contributed by atoms with Gasteiger partial charge in [-0.3, -0.25) is 9.59 Å². The molecule has 2 N–H and O–H groups in total.